The van der Waals surface area contributed by atoms with Crippen LogP contribution in [-0.2, 0) is 0 Å². The molecular formula is C10H19Cl. The van der Waals surface area contributed by atoms with Gasteiger partial charge < -0.3 is 0 Å². The largest absolute Gasteiger partial charge is 0.122 e. The van der Waals surface area contributed by atoms with Crippen LogP contribution in [0.4, 0.5) is 0 Å². The smallest absolute Gasteiger partial charge is 0.0392 e. The van der Waals surface area contributed by atoms with Crippen molar-refractivity contribution in [2.24, 2.45) is 17.3 Å². The van der Waals surface area contributed by atoms with Crippen molar-refractivity contribution >= 4 is 11.6 Å². The third kappa shape index (κ3) is 1.72. The van der Waals surface area contributed by atoms with E-state index in [0.29, 0.717) is 22.6 Å². The molecule has 0 saturated heterocycles. The third-order valence-corrected chi connectivity index (χ3v) is 4.31. The lowest BCUT2D eigenvalue weighted by molar-refractivity contribution is 0.124. The first-order valence-corrected chi connectivity index (χ1v) is 5.03. The molecule has 1 fully saturated rings. The topological polar surface area (TPSA) is 0 Å². The van der Waals surface area contributed by atoms with Gasteiger partial charge in [0.05, 0.1) is 0 Å². The number of rotatable bonds is 0. The van der Waals surface area contributed by atoms with E-state index in [1.807, 2.05) is 0 Å². The van der Waals surface area contributed by atoms with Crippen LogP contribution in [0.2, 0.25) is 0 Å². The van der Waals surface area contributed by atoms with Gasteiger partial charge in [-0.15, -0.1) is 11.6 Å². The normalized spacial score (nSPS) is 43.9. The molecule has 3 atom stereocenters. The second-order valence-electron chi connectivity index (χ2n) is 4.74. The zero-order chi connectivity index (χ0) is 8.65. The highest BCUT2D eigenvalue weighted by Crippen LogP contribution is 2.44. The Morgan fingerprint density at radius 3 is 2.27 bits per heavy atom. The maximum absolute atomic E-state index is 6.30. The standard InChI is InChI=1S/C10H19Cl/c1-7-5-6-10(3,4)8(2)9(7)11/h7-9H,5-6H2,1-4H3/t7-,8-,9+/m1/s1. The Kier molecular flexibility index (Phi) is 2.53. The van der Waals surface area contributed by atoms with Gasteiger partial charge in [-0.2, -0.15) is 0 Å². The molecule has 0 nitrogen and oxygen atoms in total. The van der Waals surface area contributed by atoms with Crippen LogP contribution in [0.1, 0.15) is 40.5 Å². The van der Waals surface area contributed by atoms with Gasteiger partial charge in [0, 0.05) is 5.38 Å². The van der Waals surface area contributed by atoms with Crippen molar-refractivity contribution in [3.63, 3.8) is 0 Å². The van der Waals surface area contributed by atoms with Gasteiger partial charge in [-0.1, -0.05) is 27.7 Å². The van der Waals surface area contributed by atoms with Crippen molar-refractivity contribution in [1.29, 1.82) is 0 Å². The first-order valence-electron chi connectivity index (χ1n) is 4.59. The van der Waals surface area contributed by atoms with Crippen molar-refractivity contribution in [2.45, 2.75) is 45.9 Å². The van der Waals surface area contributed by atoms with Crippen LogP contribution < -0.4 is 0 Å². The van der Waals surface area contributed by atoms with E-state index in [4.69, 9.17) is 11.6 Å². The van der Waals surface area contributed by atoms with E-state index >= 15 is 0 Å². The van der Waals surface area contributed by atoms with Gasteiger partial charge in [-0.3, -0.25) is 0 Å². The summed E-state index contributed by atoms with van der Waals surface area (Å²) < 4.78 is 0. The van der Waals surface area contributed by atoms with Crippen LogP contribution in [0.3, 0.4) is 0 Å². The second-order valence-corrected chi connectivity index (χ2v) is 5.24. The molecule has 0 aromatic carbocycles. The highest BCUT2D eigenvalue weighted by molar-refractivity contribution is 6.21. The zero-order valence-electron chi connectivity index (χ0n) is 8.02. The molecule has 0 heterocycles. The van der Waals surface area contributed by atoms with Crippen molar-refractivity contribution < 1.29 is 0 Å². The fourth-order valence-corrected chi connectivity index (χ4v) is 2.38. The molecule has 1 aliphatic carbocycles. The van der Waals surface area contributed by atoms with E-state index in [2.05, 4.69) is 27.7 Å². The zero-order valence-corrected chi connectivity index (χ0v) is 8.78. The molecule has 0 N–H and O–H groups in total. The van der Waals surface area contributed by atoms with E-state index in [9.17, 15) is 0 Å². The summed E-state index contributed by atoms with van der Waals surface area (Å²) >= 11 is 6.30. The Morgan fingerprint density at radius 1 is 1.27 bits per heavy atom. The fraction of sp³-hybridized carbons (Fsp3) is 1.00. The highest BCUT2D eigenvalue weighted by atomic mass is 35.5. The van der Waals surface area contributed by atoms with Crippen LogP contribution in [0.5, 0.6) is 0 Å². The highest BCUT2D eigenvalue weighted by Gasteiger charge is 2.38. The van der Waals surface area contributed by atoms with Gasteiger partial charge >= 0.3 is 0 Å². The summed E-state index contributed by atoms with van der Waals surface area (Å²) in [6.45, 7) is 9.22. The molecule has 0 amide bonds. The third-order valence-electron chi connectivity index (χ3n) is 3.50. The van der Waals surface area contributed by atoms with Gasteiger partial charge in [0.2, 0.25) is 0 Å². The molecule has 0 radical (unpaired) electrons. The molecule has 0 aromatic rings. The maximum Gasteiger partial charge on any atom is 0.0392 e. The Balaban J connectivity index is 2.67. The molecule has 0 aromatic heterocycles. The second kappa shape index (κ2) is 2.97. The minimum absolute atomic E-state index is 0.388. The average Bonchev–Trinajstić information content (AvgIpc) is 1.95. The first kappa shape index (κ1) is 9.38. The summed E-state index contributed by atoms with van der Waals surface area (Å²) in [7, 11) is 0. The van der Waals surface area contributed by atoms with Gasteiger partial charge in [0.1, 0.15) is 0 Å². The lowest BCUT2D eigenvalue weighted by Gasteiger charge is -2.42. The quantitative estimate of drug-likeness (QED) is 0.492. The summed E-state index contributed by atoms with van der Waals surface area (Å²) in [6.07, 6.45) is 2.63. The predicted molar refractivity (Wildman–Crippen MR) is 51.0 cm³/mol. The Bertz CT molecular complexity index is 140. The van der Waals surface area contributed by atoms with Crippen LogP contribution in [-0.4, -0.2) is 5.38 Å². The monoisotopic (exact) mass is 174 g/mol. The van der Waals surface area contributed by atoms with Gasteiger partial charge in [0.15, 0.2) is 0 Å². The Labute approximate surface area is 75.3 Å². The van der Waals surface area contributed by atoms with Crippen molar-refractivity contribution in [1.82, 2.24) is 0 Å². The van der Waals surface area contributed by atoms with E-state index < -0.39 is 0 Å². The Hall–Kier alpha value is 0.290. The summed E-state index contributed by atoms with van der Waals surface area (Å²) in [5, 5.41) is 0.388. The first-order chi connectivity index (χ1) is 4.95. The van der Waals surface area contributed by atoms with Crippen LogP contribution in [0.15, 0.2) is 0 Å². The van der Waals surface area contributed by atoms with Crippen LogP contribution in [0, 0.1) is 17.3 Å². The minimum atomic E-state index is 0.388. The molecule has 66 valence electrons. The Morgan fingerprint density at radius 2 is 1.82 bits per heavy atom. The van der Waals surface area contributed by atoms with Gasteiger partial charge in [-0.05, 0) is 30.1 Å². The molecule has 0 bridgehead atoms. The summed E-state index contributed by atoms with van der Waals surface area (Å²) in [4.78, 5) is 0. The molecule has 0 spiro atoms. The van der Waals surface area contributed by atoms with Crippen LogP contribution in [0.25, 0.3) is 0 Å². The summed E-state index contributed by atoms with van der Waals surface area (Å²) in [6, 6.07) is 0. The maximum atomic E-state index is 6.30. The molecule has 11 heavy (non-hydrogen) atoms. The van der Waals surface area contributed by atoms with E-state index in [0.717, 1.165) is 0 Å². The molecule has 1 aliphatic rings. The minimum Gasteiger partial charge on any atom is -0.122 e. The number of halogens is 1. The van der Waals surface area contributed by atoms with Gasteiger partial charge in [-0.25, -0.2) is 0 Å². The number of alkyl halides is 1. The molecular weight excluding hydrogens is 156 g/mol. The average molecular weight is 175 g/mol. The number of hydrogen-bond donors (Lipinski definition) is 0. The molecule has 0 aliphatic heterocycles. The lowest BCUT2D eigenvalue weighted by Crippen LogP contribution is -2.38. The fourth-order valence-electron chi connectivity index (χ4n) is 1.91. The van der Waals surface area contributed by atoms with Crippen molar-refractivity contribution in [3.05, 3.63) is 0 Å². The van der Waals surface area contributed by atoms with E-state index in [1.54, 1.807) is 0 Å². The van der Waals surface area contributed by atoms with E-state index in [1.165, 1.54) is 12.8 Å². The lowest BCUT2D eigenvalue weighted by atomic mass is 9.66. The van der Waals surface area contributed by atoms with E-state index in [-0.39, 0.29) is 0 Å². The molecule has 0 unspecified atom stereocenters. The number of hydrogen-bond acceptors (Lipinski definition) is 0. The predicted octanol–water partition coefficient (Wildman–Crippen LogP) is 3.69. The molecule has 1 heteroatoms. The summed E-state index contributed by atoms with van der Waals surface area (Å²) in [5.74, 6) is 1.37. The molecule has 1 saturated carbocycles. The summed E-state index contributed by atoms with van der Waals surface area (Å²) in [5.41, 5.74) is 0.457. The molecule has 1 rings (SSSR count). The van der Waals surface area contributed by atoms with Gasteiger partial charge in [0.25, 0.3) is 0 Å². The van der Waals surface area contributed by atoms with Crippen molar-refractivity contribution in [3.8, 4) is 0 Å². The van der Waals surface area contributed by atoms with Crippen LogP contribution >= 0.6 is 11.6 Å². The van der Waals surface area contributed by atoms with Crippen molar-refractivity contribution in [2.75, 3.05) is 0 Å². The SMILES string of the molecule is C[C@@H]1CCC(C)(C)[C@H](C)[C@H]1Cl.